The standard InChI is InChI=1S/C23H28N4O5/c24-19(22(29)30)13-15-5-7-16(8-6-15)21(28)27-23(25)26-14-17-3-1-2-4-20(17)32-18-9-11-31-12-10-18/h1-8,18-19H,9-14,24H2,(H,29,30)(H3,25,26,27,28). The lowest BCUT2D eigenvalue weighted by Crippen LogP contribution is -2.32. The van der Waals surface area contributed by atoms with E-state index in [4.69, 9.17) is 26.0 Å². The van der Waals surface area contributed by atoms with Crippen LogP contribution >= 0.6 is 0 Å². The van der Waals surface area contributed by atoms with E-state index in [1.807, 2.05) is 24.3 Å². The van der Waals surface area contributed by atoms with E-state index in [1.165, 1.54) is 0 Å². The number of hydrogen-bond donors (Lipinski definition) is 4. The quantitative estimate of drug-likeness (QED) is 0.356. The van der Waals surface area contributed by atoms with Crippen molar-refractivity contribution in [3.05, 3.63) is 65.2 Å². The highest BCUT2D eigenvalue weighted by molar-refractivity contribution is 6.02. The number of aliphatic imine (C=N–C) groups is 1. The lowest BCUT2D eigenvalue weighted by Gasteiger charge is -2.24. The molecule has 0 bridgehead atoms. The second kappa shape index (κ2) is 11.3. The number of aliphatic carboxylic acids is 1. The number of benzene rings is 2. The molecule has 1 atom stereocenters. The number of hydrogen-bond acceptors (Lipinski definition) is 5. The number of nitrogens with one attached hydrogen (secondary N) is 1. The summed E-state index contributed by atoms with van der Waals surface area (Å²) < 4.78 is 11.5. The summed E-state index contributed by atoms with van der Waals surface area (Å²) >= 11 is 0. The highest BCUT2D eigenvalue weighted by atomic mass is 16.5. The molecule has 2 aromatic rings. The largest absolute Gasteiger partial charge is 0.490 e. The van der Waals surface area contributed by atoms with Crippen molar-refractivity contribution in [3.63, 3.8) is 0 Å². The van der Waals surface area contributed by atoms with Gasteiger partial charge in [-0.3, -0.25) is 9.59 Å². The minimum absolute atomic E-state index is 0.00662. The maximum absolute atomic E-state index is 12.4. The topological polar surface area (TPSA) is 149 Å². The van der Waals surface area contributed by atoms with Crippen molar-refractivity contribution in [2.45, 2.75) is 38.0 Å². The van der Waals surface area contributed by atoms with Crippen LogP contribution in [0.1, 0.15) is 34.3 Å². The van der Waals surface area contributed by atoms with Crippen molar-refractivity contribution in [2.24, 2.45) is 16.5 Å². The van der Waals surface area contributed by atoms with Gasteiger partial charge in [-0.05, 0) is 30.2 Å². The zero-order chi connectivity index (χ0) is 22.9. The highest BCUT2D eigenvalue weighted by Crippen LogP contribution is 2.22. The van der Waals surface area contributed by atoms with Crippen LogP contribution in [0.2, 0.25) is 0 Å². The van der Waals surface area contributed by atoms with Gasteiger partial charge in [-0.15, -0.1) is 0 Å². The maximum Gasteiger partial charge on any atom is 0.320 e. The van der Waals surface area contributed by atoms with Gasteiger partial charge in [-0.2, -0.15) is 4.99 Å². The summed E-state index contributed by atoms with van der Waals surface area (Å²) in [5.41, 5.74) is 13.4. The summed E-state index contributed by atoms with van der Waals surface area (Å²) in [4.78, 5) is 27.1. The molecule has 1 heterocycles. The minimum Gasteiger partial charge on any atom is -0.490 e. The zero-order valence-corrected chi connectivity index (χ0v) is 17.7. The number of para-hydroxylation sites is 1. The van der Waals surface area contributed by atoms with Crippen LogP contribution in [-0.2, 0) is 22.5 Å². The summed E-state index contributed by atoms with van der Waals surface area (Å²) in [5.74, 6) is -0.821. The molecular weight excluding hydrogens is 412 g/mol. The van der Waals surface area contributed by atoms with Crippen LogP contribution < -0.4 is 21.5 Å². The van der Waals surface area contributed by atoms with E-state index in [-0.39, 0.29) is 18.5 Å². The molecule has 6 N–H and O–H groups in total. The fourth-order valence-electron chi connectivity index (χ4n) is 3.26. The van der Waals surface area contributed by atoms with Crippen LogP contribution in [0.3, 0.4) is 0 Å². The van der Waals surface area contributed by atoms with E-state index in [0.29, 0.717) is 30.9 Å². The van der Waals surface area contributed by atoms with E-state index in [1.54, 1.807) is 24.3 Å². The Morgan fingerprint density at radius 1 is 1.16 bits per heavy atom. The first-order chi connectivity index (χ1) is 15.4. The molecule has 0 saturated carbocycles. The number of guanidine groups is 1. The Bertz CT molecular complexity index is 955. The Kier molecular flexibility index (Phi) is 8.18. The van der Waals surface area contributed by atoms with Crippen LogP contribution in [0.15, 0.2) is 53.5 Å². The second-order valence-electron chi connectivity index (χ2n) is 7.54. The molecule has 1 aliphatic rings. The highest BCUT2D eigenvalue weighted by Gasteiger charge is 2.17. The SMILES string of the molecule is NC(=NC(=O)c1ccc(CC(N)C(=O)O)cc1)NCc1ccccc1OC1CCOCC1. The molecule has 1 aliphatic heterocycles. The Morgan fingerprint density at radius 3 is 2.53 bits per heavy atom. The minimum atomic E-state index is -1.08. The van der Waals surface area contributed by atoms with Gasteiger partial charge in [0.1, 0.15) is 17.9 Å². The van der Waals surface area contributed by atoms with Gasteiger partial charge in [0.15, 0.2) is 5.96 Å². The maximum atomic E-state index is 12.4. The molecule has 9 nitrogen and oxygen atoms in total. The fraction of sp³-hybridized carbons (Fsp3) is 0.348. The van der Waals surface area contributed by atoms with Crippen molar-refractivity contribution in [2.75, 3.05) is 13.2 Å². The predicted molar refractivity (Wildman–Crippen MR) is 119 cm³/mol. The van der Waals surface area contributed by atoms with E-state index in [9.17, 15) is 9.59 Å². The molecular formula is C23H28N4O5. The van der Waals surface area contributed by atoms with Crippen molar-refractivity contribution in [1.82, 2.24) is 5.32 Å². The average molecular weight is 441 g/mol. The normalized spacial score (nSPS) is 15.7. The Morgan fingerprint density at radius 2 is 1.84 bits per heavy atom. The van der Waals surface area contributed by atoms with Crippen LogP contribution in [0.4, 0.5) is 0 Å². The molecule has 3 rings (SSSR count). The first-order valence-corrected chi connectivity index (χ1v) is 10.4. The average Bonchev–Trinajstić information content (AvgIpc) is 2.79. The first-order valence-electron chi connectivity index (χ1n) is 10.4. The molecule has 0 aromatic heterocycles. The third kappa shape index (κ3) is 6.79. The molecule has 2 aromatic carbocycles. The monoisotopic (exact) mass is 440 g/mol. The summed E-state index contributed by atoms with van der Waals surface area (Å²) in [6, 6.07) is 13.1. The number of nitrogens with two attached hydrogens (primary N) is 2. The summed E-state index contributed by atoms with van der Waals surface area (Å²) in [7, 11) is 0. The van der Waals surface area contributed by atoms with Crippen LogP contribution in [0.25, 0.3) is 0 Å². The molecule has 1 amide bonds. The van der Waals surface area contributed by atoms with Crippen molar-refractivity contribution in [3.8, 4) is 5.75 Å². The smallest absolute Gasteiger partial charge is 0.320 e. The number of ether oxygens (including phenoxy) is 2. The Labute approximate surface area is 186 Å². The van der Waals surface area contributed by atoms with Crippen LogP contribution in [0, 0.1) is 0 Å². The van der Waals surface area contributed by atoms with Crippen LogP contribution in [0.5, 0.6) is 5.75 Å². The van der Waals surface area contributed by atoms with Gasteiger partial charge >= 0.3 is 5.97 Å². The number of nitrogens with zero attached hydrogens (tertiary/aromatic N) is 1. The van der Waals surface area contributed by atoms with Crippen molar-refractivity contribution >= 4 is 17.8 Å². The second-order valence-corrected chi connectivity index (χ2v) is 7.54. The number of rotatable bonds is 8. The van der Waals surface area contributed by atoms with Crippen LogP contribution in [-0.4, -0.2) is 48.3 Å². The number of carboxylic acid groups (broad SMARTS) is 1. The van der Waals surface area contributed by atoms with Crippen molar-refractivity contribution in [1.29, 1.82) is 0 Å². The molecule has 0 aliphatic carbocycles. The molecule has 1 unspecified atom stereocenters. The summed E-state index contributed by atoms with van der Waals surface area (Å²) in [6.45, 7) is 1.74. The van der Waals surface area contributed by atoms with E-state index in [0.717, 1.165) is 24.2 Å². The van der Waals surface area contributed by atoms with Gasteiger partial charge in [-0.25, -0.2) is 0 Å². The zero-order valence-electron chi connectivity index (χ0n) is 17.7. The third-order valence-corrected chi connectivity index (χ3v) is 5.09. The van der Waals surface area contributed by atoms with Gasteiger partial charge in [0, 0.05) is 30.5 Å². The molecule has 1 saturated heterocycles. The van der Waals surface area contributed by atoms with Gasteiger partial charge in [0.2, 0.25) is 0 Å². The Balaban J connectivity index is 1.56. The molecule has 1 fully saturated rings. The van der Waals surface area contributed by atoms with Crippen molar-refractivity contribution < 1.29 is 24.2 Å². The molecule has 0 radical (unpaired) electrons. The molecule has 32 heavy (non-hydrogen) atoms. The third-order valence-electron chi connectivity index (χ3n) is 5.09. The Hall–Kier alpha value is -3.43. The fourth-order valence-corrected chi connectivity index (χ4v) is 3.26. The lowest BCUT2D eigenvalue weighted by molar-refractivity contribution is -0.138. The van der Waals surface area contributed by atoms with E-state index in [2.05, 4.69) is 10.3 Å². The van der Waals surface area contributed by atoms with Gasteiger partial charge in [0.25, 0.3) is 5.91 Å². The number of carboxylic acids is 1. The number of amides is 1. The summed E-state index contributed by atoms with van der Waals surface area (Å²) in [6.07, 6.45) is 1.99. The van der Waals surface area contributed by atoms with Gasteiger partial charge < -0.3 is 31.4 Å². The number of carbonyl (C=O) groups excluding carboxylic acids is 1. The van der Waals surface area contributed by atoms with E-state index < -0.39 is 17.9 Å². The van der Waals surface area contributed by atoms with E-state index >= 15 is 0 Å². The molecule has 9 heteroatoms. The van der Waals surface area contributed by atoms with Gasteiger partial charge in [-0.1, -0.05) is 30.3 Å². The summed E-state index contributed by atoms with van der Waals surface area (Å²) in [5, 5.41) is 11.8. The lowest BCUT2D eigenvalue weighted by atomic mass is 10.0. The van der Waals surface area contributed by atoms with Gasteiger partial charge in [0.05, 0.1) is 13.2 Å². The predicted octanol–water partition coefficient (Wildman–Crippen LogP) is 1.44. The molecule has 0 spiro atoms. The number of carbonyl (C=O) groups is 2. The molecule has 170 valence electrons. The first kappa shape index (κ1) is 23.2.